The number of nitrogens with one attached hydrogen (secondary N) is 1. The highest BCUT2D eigenvalue weighted by atomic mass is 19.1. The number of rotatable bonds is 5. The van der Waals surface area contributed by atoms with E-state index in [1.807, 2.05) is 18.2 Å². The first-order valence-electron chi connectivity index (χ1n) is 7.04. The van der Waals surface area contributed by atoms with Crippen LogP contribution >= 0.6 is 0 Å². The molecule has 1 aliphatic heterocycles. The van der Waals surface area contributed by atoms with E-state index in [1.165, 1.54) is 5.56 Å². The fourth-order valence-corrected chi connectivity index (χ4v) is 2.28. The molecule has 2 amide bonds. The minimum atomic E-state index is -0.403. The van der Waals surface area contributed by atoms with Gasteiger partial charge in [0.1, 0.15) is 0 Å². The molecule has 1 saturated heterocycles. The number of nitrogens with zero attached hydrogens (tertiary/aromatic N) is 1. The number of hydrogen-bond donors (Lipinski definition) is 1. The van der Waals surface area contributed by atoms with Crippen molar-refractivity contribution in [2.75, 3.05) is 32.9 Å². The van der Waals surface area contributed by atoms with Gasteiger partial charge in [0.05, 0.1) is 19.4 Å². The number of hydrogen-bond acceptors (Lipinski definition) is 2. The van der Waals surface area contributed by atoms with Gasteiger partial charge in [-0.3, -0.25) is 4.39 Å². The van der Waals surface area contributed by atoms with Crippen molar-refractivity contribution in [1.29, 1.82) is 0 Å². The van der Waals surface area contributed by atoms with Crippen molar-refractivity contribution < 1.29 is 13.9 Å². The molecule has 0 aromatic heterocycles. The van der Waals surface area contributed by atoms with Crippen LogP contribution in [0.4, 0.5) is 9.18 Å². The molecule has 2 rings (SSSR count). The summed E-state index contributed by atoms with van der Waals surface area (Å²) in [6, 6.07) is 9.97. The molecule has 5 heteroatoms. The lowest BCUT2D eigenvalue weighted by Gasteiger charge is -2.33. The van der Waals surface area contributed by atoms with E-state index in [2.05, 4.69) is 17.4 Å². The molecular weight excluding hydrogens is 259 g/mol. The number of carbonyl (C=O) groups excluding carboxylic acids is 1. The molecule has 1 aromatic rings. The maximum absolute atomic E-state index is 12.0. The number of alkyl halides is 1. The van der Waals surface area contributed by atoms with E-state index in [9.17, 15) is 9.18 Å². The molecular formula is C15H21FN2O2. The third-order valence-corrected chi connectivity index (χ3v) is 3.32. The van der Waals surface area contributed by atoms with Gasteiger partial charge in [-0.2, -0.15) is 0 Å². The molecule has 1 fully saturated rings. The number of ether oxygens (including phenoxy) is 1. The van der Waals surface area contributed by atoms with Gasteiger partial charge in [-0.05, 0) is 12.0 Å². The molecule has 0 bridgehead atoms. The lowest BCUT2D eigenvalue weighted by molar-refractivity contribution is -0.0132. The molecule has 1 heterocycles. The van der Waals surface area contributed by atoms with Crippen molar-refractivity contribution in [2.24, 2.45) is 0 Å². The first-order valence-corrected chi connectivity index (χ1v) is 7.04. The van der Waals surface area contributed by atoms with Gasteiger partial charge < -0.3 is 15.0 Å². The van der Waals surface area contributed by atoms with Crippen LogP contribution in [-0.4, -0.2) is 50.0 Å². The predicted molar refractivity (Wildman–Crippen MR) is 75.4 cm³/mol. The number of amides is 2. The van der Waals surface area contributed by atoms with E-state index in [0.717, 1.165) is 6.42 Å². The van der Waals surface area contributed by atoms with Crippen molar-refractivity contribution in [1.82, 2.24) is 10.2 Å². The molecule has 1 N–H and O–H groups in total. The molecule has 110 valence electrons. The van der Waals surface area contributed by atoms with Crippen molar-refractivity contribution in [3.63, 3.8) is 0 Å². The first kappa shape index (κ1) is 14.8. The van der Waals surface area contributed by atoms with Crippen LogP contribution in [0.2, 0.25) is 0 Å². The lowest BCUT2D eigenvalue weighted by atomic mass is 10.1. The first-order chi connectivity index (χ1) is 9.79. The van der Waals surface area contributed by atoms with Gasteiger partial charge in [0.25, 0.3) is 0 Å². The van der Waals surface area contributed by atoms with E-state index in [1.54, 1.807) is 4.90 Å². The maximum atomic E-state index is 12.0. The number of morpholine rings is 1. The van der Waals surface area contributed by atoms with Crippen LogP contribution in [0.5, 0.6) is 0 Å². The molecule has 1 atom stereocenters. The zero-order valence-electron chi connectivity index (χ0n) is 11.6. The number of urea groups is 1. The Morgan fingerprint density at radius 3 is 2.95 bits per heavy atom. The van der Waals surface area contributed by atoms with Gasteiger partial charge >= 0.3 is 6.03 Å². The summed E-state index contributed by atoms with van der Waals surface area (Å²) in [6.07, 6.45) is 1.19. The summed E-state index contributed by atoms with van der Waals surface area (Å²) >= 11 is 0. The minimum Gasteiger partial charge on any atom is -0.374 e. The second-order valence-corrected chi connectivity index (χ2v) is 4.90. The quantitative estimate of drug-likeness (QED) is 0.838. The van der Waals surface area contributed by atoms with Crippen LogP contribution < -0.4 is 5.32 Å². The average molecular weight is 280 g/mol. The summed E-state index contributed by atoms with van der Waals surface area (Å²) in [4.78, 5) is 13.7. The predicted octanol–water partition coefficient (Wildman–Crippen LogP) is 2.00. The van der Waals surface area contributed by atoms with Gasteiger partial charge in [-0.25, -0.2) is 4.79 Å². The summed E-state index contributed by atoms with van der Waals surface area (Å²) in [5.41, 5.74) is 1.21. The minimum absolute atomic E-state index is 0.0260. The van der Waals surface area contributed by atoms with E-state index in [0.29, 0.717) is 32.7 Å². The molecule has 0 saturated carbocycles. The van der Waals surface area contributed by atoms with E-state index in [4.69, 9.17) is 4.74 Å². The third kappa shape index (κ3) is 4.49. The highest BCUT2D eigenvalue weighted by Gasteiger charge is 2.24. The molecule has 0 radical (unpaired) electrons. The SMILES string of the molecule is O=C(NCCCF)N1CCO[C@H](Cc2ccccc2)C1. The second-order valence-electron chi connectivity index (χ2n) is 4.90. The second kappa shape index (κ2) is 7.85. The zero-order chi connectivity index (χ0) is 14.2. The Balaban J connectivity index is 1.80. The molecule has 0 aliphatic carbocycles. The van der Waals surface area contributed by atoms with Gasteiger partial charge in [0.2, 0.25) is 0 Å². The Hall–Kier alpha value is -1.62. The lowest BCUT2D eigenvalue weighted by Crippen LogP contribution is -2.50. The molecule has 0 spiro atoms. The van der Waals surface area contributed by atoms with Crippen molar-refractivity contribution >= 4 is 6.03 Å². The van der Waals surface area contributed by atoms with Gasteiger partial charge in [0, 0.05) is 26.1 Å². The Morgan fingerprint density at radius 1 is 1.40 bits per heavy atom. The molecule has 4 nitrogen and oxygen atoms in total. The standard InChI is InChI=1S/C15H21FN2O2/c16-7-4-8-17-15(19)18-9-10-20-14(12-18)11-13-5-2-1-3-6-13/h1-3,5-6,14H,4,7-12H2,(H,17,19)/t14-/m1/s1. The van der Waals surface area contributed by atoms with Crippen LogP contribution in [0.3, 0.4) is 0 Å². The zero-order valence-corrected chi connectivity index (χ0v) is 11.6. The fraction of sp³-hybridized carbons (Fsp3) is 0.533. The van der Waals surface area contributed by atoms with E-state index in [-0.39, 0.29) is 12.1 Å². The van der Waals surface area contributed by atoms with Gasteiger partial charge in [0.15, 0.2) is 0 Å². The van der Waals surface area contributed by atoms with Crippen LogP contribution in [0.15, 0.2) is 30.3 Å². The van der Waals surface area contributed by atoms with Crippen LogP contribution in [0.25, 0.3) is 0 Å². The highest BCUT2D eigenvalue weighted by Crippen LogP contribution is 2.11. The van der Waals surface area contributed by atoms with Gasteiger partial charge in [-0.1, -0.05) is 30.3 Å². The molecule has 1 aliphatic rings. The Kier molecular flexibility index (Phi) is 5.80. The number of halogens is 1. The Morgan fingerprint density at radius 2 is 2.20 bits per heavy atom. The summed E-state index contributed by atoms with van der Waals surface area (Å²) < 4.78 is 17.7. The van der Waals surface area contributed by atoms with Crippen molar-refractivity contribution in [3.05, 3.63) is 35.9 Å². The molecule has 1 aromatic carbocycles. The summed E-state index contributed by atoms with van der Waals surface area (Å²) in [6.45, 7) is 1.70. The van der Waals surface area contributed by atoms with Crippen LogP contribution in [-0.2, 0) is 11.2 Å². The van der Waals surface area contributed by atoms with Crippen LogP contribution in [0.1, 0.15) is 12.0 Å². The Bertz CT molecular complexity index is 414. The maximum Gasteiger partial charge on any atom is 0.317 e. The monoisotopic (exact) mass is 280 g/mol. The normalized spacial score (nSPS) is 18.9. The average Bonchev–Trinajstić information content (AvgIpc) is 2.49. The molecule has 20 heavy (non-hydrogen) atoms. The van der Waals surface area contributed by atoms with Crippen molar-refractivity contribution in [3.8, 4) is 0 Å². The van der Waals surface area contributed by atoms with E-state index < -0.39 is 6.67 Å². The van der Waals surface area contributed by atoms with Crippen LogP contribution in [0, 0.1) is 0 Å². The summed E-state index contributed by atoms with van der Waals surface area (Å²) in [5.74, 6) is 0. The topological polar surface area (TPSA) is 41.6 Å². The summed E-state index contributed by atoms with van der Waals surface area (Å²) in [5, 5.41) is 2.73. The summed E-state index contributed by atoms with van der Waals surface area (Å²) in [7, 11) is 0. The smallest absolute Gasteiger partial charge is 0.317 e. The Labute approximate surface area is 118 Å². The fourth-order valence-electron chi connectivity index (χ4n) is 2.28. The molecule has 0 unspecified atom stereocenters. The number of benzene rings is 1. The highest BCUT2D eigenvalue weighted by molar-refractivity contribution is 5.74. The van der Waals surface area contributed by atoms with Gasteiger partial charge in [-0.15, -0.1) is 0 Å². The largest absolute Gasteiger partial charge is 0.374 e. The van der Waals surface area contributed by atoms with E-state index >= 15 is 0 Å². The number of carbonyl (C=O) groups is 1. The third-order valence-electron chi connectivity index (χ3n) is 3.32. The van der Waals surface area contributed by atoms with Crippen molar-refractivity contribution in [2.45, 2.75) is 18.9 Å².